The van der Waals surface area contributed by atoms with Crippen LogP contribution in [0.5, 0.6) is 0 Å². The Kier molecular flexibility index (Phi) is 4.20. The van der Waals surface area contributed by atoms with Crippen LogP contribution in [0, 0.1) is 0 Å². The molecule has 1 aromatic carbocycles. The third kappa shape index (κ3) is 3.01. The zero-order valence-electron chi connectivity index (χ0n) is 14.2. The van der Waals surface area contributed by atoms with Gasteiger partial charge in [-0.1, -0.05) is 24.6 Å². The summed E-state index contributed by atoms with van der Waals surface area (Å²) >= 11 is 0. The Hall–Kier alpha value is -1.63. The van der Waals surface area contributed by atoms with E-state index < -0.39 is 5.79 Å². The van der Waals surface area contributed by atoms with Gasteiger partial charge in [-0.05, 0) is 62.7 Å². The second-order valence-corrected chi connectivity index (χ2v) is 7.34. The molecule has 1 saturated heterocycles. The van der Waals surface area contributed by atoms with Crippen LogP contribution >= 0.6 is 0 Å². The molecule has 2 heterocycles. The van der Waals surface area contributed by atoms with Crippen molar-refractivity contribution in [3.05, 3.63) is 34.9 Å². The number of aliphatic imine (C=N–C) groups is 1. The Labute approximate surface area is 143 Å². The van der Waals surface area contributed by atoms with E-state index in [9.17, 15) is 0 Å². The van der Waals surface area contributed by atoms with Crippen LogP contribution in [0.15, 0.2) is 23.2 Å². The van der Waals surface area contributed by atoms with Gasteiger partial charge in [-0.2, -0.15) is 5.43 Å². The lowest BCUT2D eigenvalue weighted by Gasteiger charge is -2.31. The topological polar surface area (TPSA) is 91.7 Å². The summed E-state index contributed by atoms with van der Waals surface area (Å²) in [5, 5.41) is 0. The molecule has 0 amide bonds. The van der Waals surface area contributed by atoms with Gasteiger partial charge in [0.2, 0.25) is 11.7 Å². The zero-order valence-corrected chi connectivity index (χ0v) is 14.2. The summed E-state index contributed by atoms with van der Waals surface area (Å²) in [5.41, 5.74) is 21.8. The van der Waals surface area contributed by atoms with Crippen molar-refractivity contribution in [3.63, 3.8) is 0 Å². The standard InChI is InChI=1S/C18H28N6/c19-17-21-18(20,23-22-17)15-8-7-13-5-1-2-6-16(12-14(13)11-15)24-9-3-4-10-24/h7-8,11,16,23H,1-6,9-10,12,20H2,(H3,19,21,22). The fraction of sp³-hybridized carbons (Fsp3) is 0.611. The molecule has 6 N–H and O–H groups in total. The Morgan fingerprint density at radius 3 is 2.71 bits per heavy atom. The van der Waals surface area contributed by atoms with Crippen molar-refractivity contribution in [1.82, 2.24) is 15.8 Å². The fourth-order valence-corrected chi connectivity index (χ4v) is 4.31. The molecule has 0 aromatic heterocycles. The van der Waals surface area contributed by atoms with E-state index in [0.29, 0.717) is 12.0 Å². The molecule has 0 bridgehead atoms. The molecule has 0 saturated carbocycles. The monoisotopic (exact) mass is 328 g/mol. The third-order valence-electron chi connectivity index (χ3n) is 5.67. The molecule has 4 rings (SSSR count). The number of nitrogens with zero attached hydrogens (tertiary/aromatic N) is 2. The third-order valence-corrected chi connectivity index (χ3v) is 5.67. The van der Waals surface area contributed by atoms with Crippen molar-refractivity contribution in [3.8, 4) is 0 Å². The number of benzene rings is 1. The molecular weight excluding hydrogens is 300 g/mol. The lowest BCUT2D eigenvalue weighted by atomic mass is 9.88. The molecule has 3 aliphatic rings. The van der Waals surface area contributed by atoms with E-state index in [1.165, 1.54) is 56.3 Å². The lowest BCUT2D eigenvalue weighted by molar-refractivity contribution is 0.222. The van der Waals surface area contributed by atoms with E-state index in [2.05, 4.69) is 38.9 Å². The molecule has 2 atom stereocenters. The van der Waals surface area contributed by atoms with Crippen molar-refractivity contribution >= 4 is 5.96 Å². The average Bonchev–Trinajstić information content (AvgIpc) is 3.18. The van der Waals surface area contributed by atoms with Gasteiger partial charge >= 0.3 is 0 Å². The van der Waals surface area contributed by atoms with Gasteiger partial charge < -0.3 is 10.6 Å². The summed E-state index contributed by atoms with van der Waals surface area (Å²) in [6, 6.07) is 7.22. The van der Waals surface area contributed by atoms with Crippen LogP contribution in [0.4, 0.5) is 0 Å². The van der Waals surface area contributed by atoms with Crippen molar-refractivity contribution in [2.45, 2.75) is 56.8 Å². The number of rotatable bonds is 2. The lowest BCUT2D eigenvalue weighted by Crippen LogP contribution is -2.50. The number of aryl methyl sites for hydroxylation is 1. The highest BCUT2D eigenvalue weighted by Gasteiger charge is 2.32. The molecule has 0 spiro atoms. The number of hydrazine groups is 1. The van der Waals surface area contributed by atoms with Gasteiger partial charge in [0, 0.05) is 11.6 Å². The Morgan fingerprint density at radius 2 is 1.96 bits per heavy atom. The summed E-state index contributed by atoms with van der Waals surface area (Å²) in [5.74, 6) is -0.635. The summed E-state index contributed by atoms with van der Waals surface area (Å²) in [7, 11) is 0. The average molecular weight is 328 g/mol. The van der Waals surface area contributed by atoms with Gasteiger partial charge in [0.25, 0.3) is 0 Å². The van der Waals surface area contributed by atoms with Crippen molar-refractivity contribution in [1.29, 1.82) is 0 Å². The zero-order chi connectivity index (χ0) is 16.6. The molecule has 2 aliphatic heterocycles. The number of hydrogen-bond acceptors (Lipinski definition) is 6. The van der Waals surface area contributed by atoms with E-state index >= 15 is 0 Å². The SMILES string of the molecule is NC1=NC(N)(c2ccc3c(c2)CC(N2CCCC2)CCCC3)NN1. The fourth-order valence-electron chi connectivity index (χ4n) is 4.31. The molecule has 1 aromatic rings. The van der Waals surface area contributed by atoms with Gasteiger partial charge in [-0.3, -0.25) is 11.2 Å². The van der Waals surface area contributed by atoms with Gasteiger partial charge in [-0.25, -0.2) is 4.99 Å². The number of likely N-dealkylation sites (tertiary alicyclic amines) is 1. The van der Waals surface area contributed by atoms with E-state index in [4.69, 9.17) is 11.5 Å². The second kappa shape index (κ2) is 6.35. The van der Waals surface area contributed by atoms with Gasteiger partial charge in [-0.15, -0.1) is 0 Å². The minimum absolute atomic E-state index is 0.333. The molecule has 2 unspecified atom stereocenters. The van der Waals surface area contributed by atoms with Gasteiger partial charge in [0.05, 0.1) is 0 Å². The predicted molar refractivity (Wildman–Crippen MR) is 96.1 cm³/mol. The van der Waals surface area contributed by atoms with Crippen LogP contribution in [-0.4, -0.2) is 30.0 Å². The van der Waals surface area contributed by atoms with Crippen LogP contribution in [0.1, 0.15) is 48.8 Å². The first kappa shape index (κ1) is 15.9. The Bertz CT molecular complexity index is 636. The Morgan fingerprint density at radius 1 is 1.12 bits per heavy atom. The predicted octanol–water partition coefficient (Wildman–Crippen LogP) is 0.911. The van der Waals surface area contributed by atoms with E-state index in [-0.39, 0.29) is 0 Å². The van der Waals surface area contributed by atoms with E-state index in [1.54, 1.807) is 0 Å². The minimum Gasteiger partial charge on any atom is -0.369 e. The molecule has 130 valence electrons. The number of fused-ring (bicyclic) bond motifs is 1. The van der Waals surface area contributed by atoms with Crippen molar-refractivity contribution < 1.29 is 0 Å². The van der Waals surface area contributed by atoms with Gasteiger partial charge in [0.15, 0.2) is 0 Å². The van der Waals surface area contributed by atoms with Gasteiger partial charge in [0.1, 0.15) is 0 Å². The first-order valence-corrected chi connectivity index (χ1v) is 9.18. The van der Waals surface area contributed by atoms with Crippen molar-refractivity contribution in [2.75, 3.05) is 13.1 Å². The molecule has 6 nitrogen and oxygen atoms in total. The van der Waals surface area contributed by atoms with E-state index in [1.807, 2.05) is 0 Å². The quantitative estimate of drug-likeness (QED) is 0.648. The number of nitrogens with one attached hydrogen (secondary N) is 2. The highest BCUT2D eigenvalue weighted by molar-refractivity contribution is 5.79. The van der Waals surface area contributed by atoms with Crippen LogP contribution in [0.2, 0.25) is 0 Å². The summed E-state index contributed by atoms with van der Waals surface area (Å²) in [4.78, 5) is 7.00. The summed E-state index contributed by atoms with van der Waals surface area (Å²) in [6.07, 6.45) is 8.88. The first-order valence-electron chi connectivity index (χ1n) is 9.18. The maximum atomic E-state index is 6.38. The smallest absolute Gasteiger partial charge is 0.209 e. The molecular formula is C18H28N6. The maximum absolute atomic E-state index is 6.38. The molecule has 24 heavy (non-hydrogen) atoms. The Balaban J connectivity index is 1.63. The van der Waals surface area contributed by atoms with Crippen LogP contribution in [-0.2, 0) is 18.6 Å². The highest BCUT2D eigenvalue weighted by Crippen LogP contribution is 2.29. The summed E-state index contributed by atoms with van der Waals surface area (Å²) in [6.45, 7) is 2.51. The molecule has 1 aliphatic carbocycles. The van der Waals surface area contributed by atoms with Crippen LogP contribution in [0.3, 0.4) is 0 Å². The summed E-state index contributed by atoms with van der Waals surface area (Å²) < 4.78 is 0. The number of guanidine groups is 1. The minimum atomic E-state index is -0.968. The first-order chi connectivity index (χ1) is 11.6. The molecule has 1 fully saturated rings. The normalized spacial score (nSPS) is 31.0. The highest BCUT2D eigenvalue weighted by atomic mass is 15.6. The van der Waals surface area contributed by atoms with E-state index in [0.717, 1.165) is 18.4 Å². The maximum Gasteiger partial charge on any atom is 0.209 e. The van der Waals surface area contributed by atoms with Crippen LogP contribution < -0.4 is 22.3 Å². The number of nitrogens with two attached hydrogens (primary N) is 2. The largest absolute Gasteiger partial charge is 0.369 e. The molecule has 6 heteroatoms. The second-order valence-electron chi connectivity index (χ2n) is 7.34. The van der Waals surface area contributed by atoms with Crippen LogP contribution in [0.25, 0.3) is 0 Å². The molecule has 0 radical (unpaired) electrons. The van der Waals surface area contributed by atoms with Crippen molar-refractivity contribution in [2.24, 2.45) is 16.5 Å². The number of hydrogen-bond donors (Lipinski definition) is 4.